The number of furan rings is 1. The molecule has 1 saturated heterocycles. The number of aromatic nitrogens is 1. The van der Waals surface area contributed by atoms with Crippen molar-refractivity contribution in [1.29, 1.82) is 0 Å². The molecule has 3 aromatic rings. The van der Waals surface area contributed by atoms with Gasteiger partial charge in [-0.2, -0.15) is 0 Å². The number of nitrogens with one attached hydrogen (secondary N) is 1. The molecule has 1 fully saturated rings. The van der Waals surface area contributed by atoms with Gasteiger partial charge in [0.25, 0.3) is 5.69 Å². The van der Waals surface area contributed by atoms with Crippen LogP contribution >= 0.6 is 12.2 Å². The SMILES string of the molecule is CN1C(=S)NC(c2ccccn2)C1c1ccc(-c2cccc([N+](=O)[O-])c2)o1. The zero-order valence-corrected chi connectivity index (χ0v) is 15.2. The Balaban J connectivity index is 1.70. The van der Waals surface area contributed by atoms with E-state index in [1.165, 1.54) is 12.1 Å². The summed E-state index contributed by atoms with van der Waals surface area (Å²) in [5, 5.41) is 14.9. The Bertz CT molecular complexity index is 1000. The van der Waals surface area contributed by atoms with Gasteiger partial charge in [-0.3, -0.25) is 15.1 Å². The first-order valence-electron chi connectivity index (χ1n) is 8.33. The maximum absolute atomic E-state index is 11.0. The summed E-state index contributed by atoms with van der Waals surface area (Å²) in [7, 11) is 1.90. The summed E-state index contributed by atoms with van der Waals surface area (Å²) in [6, 6.07) is 15.5. The Morgan fingerprint density at radius 3 is 2.81 bits per heavy atom. The lowest BCUT2D eigenvalue weighted by Crippen LogP contribution is -2.24. The highest BCUT2D eigenvalue weighted by Gasteiger charge is 2.39. The van der Waals surface area contributed by atoms with E-state index in [0.717, 1.165) is 5.69 Å². The third-order valence-electron chi connectivity index (χ3n) is 4.60. The van der Waals surface area contributed by atoms with E-state index in [1.54, 1.807) is 18.3 Å². The zero-order chi connectivity index (χ0) is 19.0. The summed E-state index contributed by atoms with van der Waals surface area (Å²) in [5.41, 5.74) is 1.54. The Kier molecular flexibility index (Phi) is 4.33. The molecule has 0 saturated carbocycles. The van der Waals surface area contributed by atoms with Crippen LogP contribution in [-0.4, -0.2) is 27.0 Å². The van der Waals surface area contributed by atoms with Gasteiger partial charge in [0.2, 0.25) is 0 Å². The number of nitrogens with zero attached hydrogens (tertiary/aromatic N) is 3. The van der Waals surface area contributed by atoms with Crippen LogP contribution in [0.15, 0.2) is 65.2 Å². The van der Waals surface area contributed by atoms with Crippen molar-refractivity contribution >= 4 is 23.0 Å². The van der Waals surface area contributed by atoms with Gasteiger partial charge in [0.1, 0.15) is 17.6 Å². The van der Waals surface area contributed by atoms with Crippen molar-refractivity contribution in [3.05, 3.63) is 82.4 Å². The number of rotatable bonds is 4. The maximum Gasteiger partial charge on any atom is 0.270 e. The van der Waals surface area contributed by atoms with Gasteiger partial charge in [0, 0.05) is 30.9 Å². The van der Waals surface area contributed by atoms with Gasteiger partial charge in [-0.25, -0.2) is 0 Å². The molecule has 7 nitrogen and oxygen atoms in total. The van der Waals surface area contributed by atoms with Crippen molar-refractivity contribution < 1.29 is 9.34 Å². The van der Waals surface area contributed by atoms with Crippen LogP contribution in [-0.2, 0) is 0 Å². The minimum atomic E-state index is -0.419. The third kappa shape index (κ3) is 3.15. The van der Waals surface area contributed by atoms with Crippen LogP contribution in [0.1, 0.15) is 23.5 Å². The first-order valence-corrected chi connectivity index (χ1v) is 8.74. The van der Waals surface area contributed by atoms with Crippen molar-refractivity contribution in [2.45, 2.75) is 12.1 Å². The third-order valence-corrected chi connectivity index (χ3v) is 5.00. The molecule has 1 aliphatic heterocycles. The summed E-state index contributed by atoms with van der Waals surface area (Å²) in [5.74, 6) is 1.28. The number of thiocarbonyl (C=S) groups is 1. The summed E-state index contributed by atoms with van der Waals surface area (Å²) in [6.07, 6.45) is 1.74. The van der Waals surface area contributed by atoms with E-state index < -0.39 is 4.92 Å². The van der Waals surface area contributed by atoms with E-state index in [2.05, 4.69) is 10.3 Å². The highest BCUT2D eigenvalue weighted by Crippen LogP contribution is 2.39. The molecular formula is C19H16N4O3S. The molecule has 136 valence electrons. The average Bonchev–Trinajstić information content (AvgIpc) is 3.28. The number of nitro benzene ring substituents is 1. The standard InChI is InChI=1S/C19H16N4O3S/c1-22-18(17(21-19(22)27)14-7-2-3-10-20-14)16-9-8-15(26-16)12-5-4-6-13(11-12)23(24)25/h2-11,17-18H,1H3,(H,21,27). The highest BCUT2D eigenvalue weighted by molar-refractivity contribution is 7.80. The molecule has 1 aliphatic rings. The number of nitro groups is 1. The number of non-ortho nitro benzene ring substituents is 1. The fourth-order valence-electron chi connectivity index (χ4n) is 3.25. The molecule has 3 heterocycles. The van der Waals surface area contributed by atoms with Gasteiger partial charge in [-0.05, 0) is 36.5 Å². The van der Waals surface area contributed by atoms with Crippen LogP contribution < -0.4 is 5.32 Å². The summed E-state index contributed by atoms with van der Waals surface area (Å²) in [4.78, 5) is 17.0. The van der Waals surface area contributed by atoms with E-state index in [-0.39, 0.29) is 17.8 Å². The van der Waals surface area contributed by atoms with Crippen molar-refractivity contribution in [3.63, 3.8) is 0 Å². The molecule has 0 bridgehead atoms. The first-order chi connectivity index (χ1) is 13.0. The van der Waals surface area contributed by atoms with Crippen molar-refractivity contribution in [1.82, 2.24) is 15.2 Å². The van der Waals surface area contributed by atoms with Crippen molar-refractivity contribution in [2.24, 2.45) is 0 Å². The predicted molar refractivity (Wildman–Crippen MR) is 104 cm³/mol. The van der Waals surface area contributed by atoms with E-state index in [9.17, 15) is 10.1 Å². The molecule has 2 unspecified atom stereocenters. The van der Waals surface area contributed by atoms with Crippen LogP contribution in [0.2, 0.25) is 0 Å². The minimum absolute atomic E-state index is 0.0256. The minimum Gasteiger partial charge on any atom is -0.459 e. The lowest BCUT2D eigenvalue weighted by Gasteiger charge is -2.21. The maximum atomic E-state index is 11.0. The number of likely N-dealkylation sites (N-methyl/N-ethyl adjacent to an activating group) is 1. The number of hydrogen-bond donors (Lipinski definition) is 1. The second-order valence-electron chi connectivity index (χ2n) is 6.25. The number of hydrogen-bond acceptors (Lipinski definition) is 5. The largest absolute Gasteiger partial charge is 0.459 e. The molecular weight excluding hydrogens is 364 g/mol. The molecule has 4 rings (SSSR count). The summed E-state index contributed by atoms with van der Waals surface area (Å²) >= 11 is 5.41. The van der Waals surface area contributed by atoms with Crippen LogP contribution in [0, 0.1) is 10.1 Å². The molecule has 0 aliphatic carbocycles. The van der Waals surface area contributed by atoms with E-state index in [0.29, 0.717) is 22.2 Å². The van der Waals surface area contributed by atoms with E-state index in [1.807, 2.05) is 42.3 Å². The molecule has 27 heavy (non-hydrogen) atoms. The van der Waals surface area contributed by atoms with Crippen molar-refractivity contribution in [2.75, 3.05) is 7.05 Å². The first kappa shape index (κ1) is 17.2. The number of benzene rings is 1. The summed E-state index contributed by atoms with van der Waals surface area (Å²) in [6.45, 7) is 0. The molecule has 0 radical (unpaired) electrons. The molecule has 0 amide bonds. The van der Waals surface area contributed by atoms with Crippen molar-refractivity contribution in [3.8, 4) is 11.3 Å². The van der Waals surface area contributed by atoms with Crippen LogP contribution in [0.25, 0.3) is 11.3 Å². The molecule has 0 spiro atoms. The lowest BCUT2D eigenvalue weighted by atomic mass is 10.0. The molecule has 8 heteroatoms. The Morgan fingerprint density at radius 1 is 1.22 bits per heavy atom. The van der Waals surface area contributed by atoms with Gasteiger partial charge >= 0.3 is 0 Å². The second-order valence-corrected chi connectivity index (χ2v) is 6.63. The predicted octanol–water partition coefficient (Wildman–Crippen LogP) is 3.85. The second kappa shape index (κ2) is 6.81. The smallest absolute Gasteiger partial charge is 0.270 e. The Hall–Kier alpha value is -3.26. The molecule has 2 atom stereocenters. The van der Waals surface area contributed by atoms with Gasteiger partial charge in [0.15, 0.2) is 5.11 Å². The van der Waals surface area contributed by atoms with E-state index in [4.69, 9.17) is 16.6 Å². The van der Waals surface area contributed by atoms with Gasteiger partial charge < -0.3 is 14.6 Å². The lowest BCUT2D eigenvalue weighted by molar-refractivity contribution is -0.384. The van der Waals surface area contributed by atoms with Crippen LogP contribution in [0.3, 0.4) is 0 Å². The fraction of sp³-hybridized carbons (Fsp3) is 0.158. The van der Waals surface area contributed by atoms with Gasteiger partial charge in [-0.15, -0.1) is 0 Å². The molecule has 1 aromatic carbocycles. The van der Waals surface area contributed by atoms with E-state index >= 15 is 0 Å². The normalized spacial score (nSPS) is 19.1. The van der Waals surface area contributed by atoms with Crippen LogP contribution in [0.4, 0.5) is 5.69 Å². The van der Waals surface area contributed by atoms with Crippen LogP contribution in [0.5, 0.6) is 0 Å². The topological polar surface area (TPSA) is 84.4 Å². The fourth-order valence-corrected chi connectivity index (χ4v) is 3.49. The Morgan fingerprint density at radius 2 is 2.07 bits per heavy atom. The van der Waals surface area contributed by atoms with Gasteiger partial charge in [0.05, 0.1) is 16.7 Å². The van der Waals surface area contributed by atoms with Gasteiger partial charge in [-0.1, -0.05) is 18.2 Å². The Labute approximate surface area is 160 Å². The highest BCUT2D eigenvalue weighted by atomic mass is 32.1. The summed E-state index contributed by atoms with van der Waals surface area (Å²) < 4.78 is 6.07. The molecule has 2 aromatic heterocycles. The zero-order valence-electron chi connectivity index (χ0n) is 14.4. The monoisotopic (exact) mass is 380 g/mol. The molecule has 1 N–H and O–H groups in total. The number of pyridine rings is 1. The quantitative estimate of drug-likeness (QED) is 0.418. The average molecular weight is 380 g/mol.